The summed E-state index contributed by atoms with van der Waals surface area (Å²) in [5, 5.41) is 5.93. The Morgan fingerprint density at radius 1 is 1.20 bits per heavy atom. The number of hydrogen-bond acceptors (Lipinski definition) is 4. The summed E-state index contributed by atoms with van der Waals surface area (Å²) in [5.41, 5.74) is 1.43. The number of carbonyl (C=O) groups excluding carboxylic acids is 2. The van der Waals surface area contributed by atoms with Crippen molar-refractivity contribution in [3.8, 4) is 5.75 Å². The third kappa shape index (κ3) is 6.42. The first kappa shape index (κ1) is 22.0. The average Bonchev–Trinajstić information content (AvgIpc) is 2.74. The fourth-order valence-electron chi connectivity index (χ4n) is 3.44. The molecular formula is C22H25ClFN3O3. The molecule has 2 aromatic rings. The van der Waals surface area contributed by atoms with Crippen LogP contribution in [-0.2, 0) is 4.79 Å². The van der Waals surface area contributed by atoms with Gasteiger partial charge in [-0.1, -0.05) is 11.6 Å². The van der Waals surface area contributed by atoms with Gasteiger partial charge in [-0.3, -0.25) is 14.6 Å². The highest BCUT2D eigenvalue weighted by molar-refractivity contribution is 6.30. The zero-order chi connectivity index (χ0) is 21.5. The molecule has 1 aliphatic rings. The predicted molar refractivity (Wildman–Crippen MR) is 112 cm³/mol. The fraction of sp³-hybridized carbons (Fsp3) is 0.409. The monoisotopic (exact) mass is 433 g/mol. The van der Waals surface area contributed by atoms with Gasteiger partial charge < -0.3 is 15.4 Å². The second-order valence-corrected chi connectivity index (χ2v) is 7.96. The van der Waals surface area contributed by atoms with E-state index in [1.807, 2.05) is 13.0 Å². The Bertz CT molecular complexity index is 884. The summed E-state index contributed by atoms with van der Waals surface area (Å²) >= 11 is 5.62. The normalized spacial score (nSPS) is 18.5. The number of nitrogens with zero attached hydrogens (tertiary/aromatic N) is 1. The summed E-state index contributed by atoms with van der Waals surface area (Å²) in [6, 6.07) is 7.73. The number of hydrogen-bond donors (Lipinski definition) is 2. The van der Waals surface area contributed by atoms with Crippen molar-refractivity contribution in [2.75, 3.05) is 13.2 Å². The molecule has 1 saturated carbocycles. The Hall–Kier alpha value is -2.67. The maximum absolute atomic E-state index is 13.4. The zero-order valence-corrected chi connectivity index (χ0v) is 17.5. The molecule has 1 fully saturated rings. The molecule has 6 nitrogen and oxygen atoms in total. The molecule has 1 aromatic heterocycles. The smallest absolute Gasteiger partial charge is 0.258 e. The van der Waals surface area contributed by atoms with Crippen LogP contribution in [0.15, 0.2) is 36.5 Å². The summed E-state index contributed by atoms with van der Waals surface area (Å²) in [7, 11) is 0. The Labute approximate surface area is 180 Å². The number of pyridine rings is 1. The van der Waals surface area contributed by atoms with Gasteiger partial charge in [0, 0.05) is 30.5 Å². The lowest BCUT2D eigenvalue weighted by atomic mass is 9.86. The fourth-order valence-corrected chi connectivity index (χ4v) is 3.55. The standard InChI is InChI=1S/C22H25ClFN3O3/c1-14-2-5-16(12-25-14)22(29)26-11-15-3-6-17(7-4-15)27-21(28)13-30-18-8-9-19(23)20(24)10-18/h2,5,8-10,12,15,17H,3-4,6-7,11,13H2,1H3,(H,26,29)(H,27,28)/t15-,17-. The van der Waals surface area contributed by atoms with Crippen molar-refractivity contribution in [3.05, 3.63) is 58.6 Å². The van der Waals surface area contributed by atoms with Gasteiger partial charge in [-0.25, -0.2) is 4.39 Å². The highest BCUT2D eigenvalue weighted by Gasteiger charge is 2.23. The number of nitrogens with one attached hydrogen (secondary N) is 2. The molecule has 0 spiro atoms. The van der Waals surface area contributed by atoms with Crippen LogP contribution in [0, 0.1) is 18.7 Å². The van der Waals surface area contributed by atoms with Crippen molar-refractivity contribution in [3.63, 3.8) is 0 Å². The predicted octanol–water partition coefficient (Wildman–Crippen LogP) is 3.67. The van der Waals surface area contributed by atoms with Gasteiger partial charge in [-0.05, 0) is 62.8 Å². The highest BCUT2D eigenvalue weighted by atomic mass is 35.5. The van der Waals surface area contributed by atoms with Gasteiger partial charge in [-0.2, -0.15) is 0 Å². The van der Waals surface area contributed by atoms with Crippen LogP contribution >= 0.6 is 11.6 Å². The lowest BCUT2D eigenvalue weighted by Gasteiger charge is -2.29. The maximum Gasteiger partial charge on any atom is 0.258 e. The molecule has 160 valence electrons. The summed E-state index contributed by atoms with van der Waals surface area (Å²) in [6.07, 6.45) is 5.10. The molecule has 1 heterocycles. The second-order valence-electron chi connectivity index (χ2n) is 7.55. The van der Waals surface area contributed by atoms with Crippen molar-refractivity contribution >= 4 is 23.4 Å². The summed E-state index contributed by atoms with van der Waals surface area (Å²) in [5.74, 6) is -0.301. The quantitative estimate of drug-likeness (QED) is 0.698. The molecule has 2 amide bonds. The van der Waals surface area contributed by atoms with E-state index in [2.05, 4.69) is 15.6 Å². The van der Waals surface area contributed by atoms with E-state index in [-0.39, 0.29) is 35.2 Å². The minimum atomic E-state index is -0.585. The van der Waals surface area contributed by atoms with E-state index in [4.69, 9.17) is 16.3 Å². The largest absolute Gasteiger partial charge is 0.484 e. The van der Waals surface area contributed by atoms with E-state index < -0.39 is 5.82 Å². The lowest BCUT2D eigenvalue weighted by molar-refractivity contribution is -0.124. The number of benzene rings is 1. The lowest BCUT2D eigenvalue weighted by Crippen LogP contribution is -2.41. The topological polar surface area (TPSA) is 80.3 Å². The number of halogens is 2. The molecule has 0 bridgehead atoms. The number of carbonyl (C=O) groups is 2. The van der Waals surface area contributed by atoms with Gasteiger partial charge in [-0.15, -0.1) is 0 Å². The van der Waals surface area contributed by atoms with Gasteiger partial charge in [0.2, 0.25) is 0 Å². The van der Waals surface area contributed by atoms with Crippen LogP contribution in [0.5, 0.6) is 5.75 Å². The second kappa shape index (κ2) is 10.4. The van der Waals surface area contributed by atoms with Crippen LogP contribution in [0.3, 0.4) is 0 Å². The van der Waals surface area contributed by atoms with E-state index >= 15 is 0 Å². The third-order valence-corrected chi connectivity index (χ3v) is 5.50. The number of ether oxygens (including phenoxy) is 1. The molecule has 0 saturated heterocycles. The minimum Gasteiger partial charge on any atom is -0.484 e. The number of aromatic nitrogens is 1. The van der Waals surface area contributed by atoms with Crippen molar-refractivity contribution in [2.24, 2.45) is 5.92 Å². The van der Waals surface area contributed by atoms with E-state index in [0.717, 1.165) is 37.4 Å². The van der Waals surface area contributed by atoms with Crippen molar-refractivity contribution in [1.29, 1.82) is 0 Å². The van der Waals surface area contributed by atoms with Gasteiger partial charge in [0.15, 0.2) is 6.61 Å². The van der Waals surface area contributed by atoms with Gasteiger partial charge in [0.05, 0.1) is 10.6 Å². The number of amides is 2. The Morgan fingerprint density at radius 3 is 2.63 bits per heavy atom. The number of aryl methyl sites for hydroxylation is 1. The molecule has 0 radical (unpaired) electrons. The van der Waals surface area contributed by atoms with E-state index in [0.29, 0.717) is 18.0 Å². The van der Waals surface area contributed by atoms with Crippen LogP contribution in [-0.4, -0.2) is 36.0 Å². The van der Waals surface area contributed by atoms with Crippen LogP contribution in [0.2, 0.25) is 5.02 Å². The summed E-state index contributed by atoms with van der Waals surface area (Å²) < 4.78 is 18.7. The molecule has 1 aliphatic carbocycles. The van der Waals surface area contributed by atoms with Crippen molar-refractivity contribution in [2.45, 2.75) is 38.6 Å². The maximum atomic E-state index is 13.4. The van der Waals surface area contributed by atoms with Crippen LogP contribution in [0.1, 0.15) is 41.7 Å². The Kier molecular flexibility index (Phi) is 7.63. The van der Waals surface area contributed by atoms with Crippen molar-refractivity contribution < 1.29 is 18.7 Å². The third-order valence-electron chi connectivity index (χ3n) is 5.20. The Balaban J connectivity index is 1.34. The first-order valence-electron chi connectivity index (χ1n) is 9.99. The molecule has 0 atom stereocenters. The molecule has 3 rings (SSSR count). The van der Waals surface area contributed by atoms with Crippen LogP contribution < -0.4 is 15.4 Å². The molecule has 0 unspecified atom stereocenters. The SMILES string of the molecule is Cc1ccc(C(=O)NC[C@H]2CC[C@H](NC(=O)COc3ccc(Cl)c(F)c3)CC2)cn1. The molecule has 2 N–H and O–H groups in total. The van der Waals surface area contributed by atoms with Gasteiger partial charge >= 0.3 is 0 Å². The first-order valence-corrected chi connectivity index (χ1v) is 10.4. The minimum absolute atomic E-state index is 0.00952. The van der Waals surface area contributed by atoms with Crippen LogP contribution in [0.25, 0.3) is 0 Å². The molecule has 8 heteroatoms. The van der Waals surface area contributed by atoms with E-state index in [1.54, 1.807) is 12.3 Å². The molecule has 0 aliphatic heterocycles. The Morgan fingerprint density at radius 2 is 1.97 bits per heavy atom. The zero-order valence-electron chi connectivity index (χ0n) is 16.8. The van der Waals surface area contributed by atoms with Crippen LogP contribution in [0.4, 0.5) is 4.39 Å². The van der Waals surface area contributed by atoms with E-state index in [9.17, 15) is 14.0 Å². The molecule has 1 aromatic carbocycles. The first-order chi connectivity index (χ1) is 14.4. The highest BCUT2D eigenvalue weighted by Crippen LogP contribution is 2.24. The van der Waals surface area contributed by atoms with E-state index in [1.165, 1.54) is 12.1 Å². The van der Waals surface area contributed by atoms with Gasteiger partial charge in [0.1, 0.15) is 11.6 Å². The van der Waals surface area contributed by atoms with Crippen molar-refractivity contribution in [1.82, 2.24) is 15.6 Å². The molecular weight excluding hydrogens is 409 g/mol. The number of rotatable bonds is 7. The summed E-state index contributed by atoms with van der Waals surface area (Å²) in [4.78, 5) is 28.4. The average molecular weight is 434 g/mol. The van der Waals surface area contributed by atoms with Gasteiger partial charge in [0.25, 0.3) is 11.8 Å². The molecule has 30 heavy (non-hydrogen) atoms. The summed E-state index contributed by atoms with van der Waals surface area (Å²) in [6.45, 7) is 2.31.